The van der Waals surface area contributed by atoms with E-state index in [1.807, 2.05) is 24.8 Å². The van der Waals surface area contributed by atoms with E-state index >= 15 is 0 Å². The third-order valence-corrected chi connectivity index (χ3v) is 3.92. The van der Waals surface area contributed by atoms with Crippen LogP contribution in [0, 0.1) is 0 Å². The topological polar surface area (TPSA) is 58.6 Å². The van der Waals surface area contributed by atoms with Crippen molar-refractivity contribution < 1.29 is 9.53 Å². The van der Waals surface area contributed by atoms with Crippen molar-refractivity contribution in [3.8, 4) is 0 Å². The zero-order valence-electron chi connectivity index (χ0n) is 13.7. The van der Waals surface area contributed by atoms with Crippen molar-refractivity contribution in [3.63, 3.8) is 0 Å². The van der Waals surface area contributed by atoms with Gasteiger partial charge in [-0.15, -0.1) is 0 Å². The molecule has 0 saturated carbocycles. The minimum absolute atomic E-state index is 0.177. The van der Waals surface area contributed by atoms with Gasteiger partial charge in [0.15, 0.2) is 0 Å². The Morgan fingerprint density at radius 3 is 2.86 bits per heavy atom. The third kappa shape index (κ3) is 5.03. The summed E-state index contributed by atoms with van der Waals surface area (Å²) >= 11 is 0. The average Bonchev–Trinajstić information content (AvgIpc) is 2.98. The van der Waals surface area contributed by atoms with Gasteiger partial charge in [-0.05, 0) is 33.4 Å². The molecule has 0 spiro atoms. The van der Waals surface area contributed by atoms with Gasteiger partial charge in [-0.3, -0.25) is 9.69 Å². The number of nitrogens with zero attached hydrogens (tertiary/aromatic N) is 4. The maximum atomic E-state index is 12.2. The molecular formula is C16H26N4O2. The lowest BCUT2D eigenvalue weighted by molar-refractivity contribution is -0.131. The van der Waals surface area contributed by atoms with Crippen LogP contribution in [0.4, 0.5) is 0 Å². The van der Waals surface area contributed by atoms with Crippen molar-refractivity contribution in [1.29, 1.82) is 0 Å². The molecule has 0 bridgehead atoms. The van der Waals surface area contributed by atoms with E-state index in [1.54, 1.807) is 12.4 Å². The summed E-state index contributed by atoms with van der Waals surface area (Å²) in [7, 11) is 2.07. The Morgan fingerprint density at radius 2 is 2.18 bits per heavy atom. The molecule has 2 heterocycles. The van der Waals surface area contributed by atoms with E-state index in [4.69, 9.17) is 4.74 Å². The molecule has 0 aliphatic carbocycles. The first-order valence-electron chi connectivity index (χ1n) is 7.91. The Labute approximate surface area is 132 Å². The Morgan fingerprint density at radius 1 is 1.45 bits per heavy atom. The maximum absolute atomic E-state index is 12.2. The van der Waals surface area contributed by atoms with Crippen LogP contribution >= 0.6 is 0 Å². The first-order valence-corrected chi connectivity index (χ1v) is 7.91. The van der Waals surface area contributed by atoms with Crippen molar-refractivity contribution in [2.75, 3.05) is 26.7 Å². The van der Waals surface area contributed by atoms with Crippen LogP contribution in [0.3, 0.4) is 0 Å². The molecule has 1 aliphatic heterocycles. The molecule has 2 rings (SSSR count). The van der Waals surface area contributed by atoms with Gasteiger partial charge in [0.25, 0.3) is 0 Å². The minimum Gasteiger partial charge on any atom is -0.378 e. The van der Waals surface area contributed by atoms with Crippen LogP contribution < -0.4 is 0 Å². The van der Waals surface area contributed by atoms with Crippen LogP contribution in [0.2, 0.25) is 0 Å². The molecule has 1 aromatic heterocycles. The Balaban J connectivity index is 1.75. The molecule has 6 nitrogen and oxygen atoms in total. The fourth-order valence-electron chi connectivity index (χ4n) is 2.63. The highest BCUT2D eigenvalue weighted by Gasteiger charge is 2.28. The van der Waals surface area contributed by atoms with Gasteiger partial charge in [-0.25, -0.2) is 9.97 Å². The standard InChI is InChI=1S/C16H26N4O2/c1-13(2)22-10-6-16(21)20-9-5-14(11-20)19(3)12-15-17-7-4-8-18-15/h4,7-8,13-14H,5-6,9-12H2,1-3H3. The molecule has 0 aromatic carbocycles. The molecule has 1 amide bonds. The van der Waals surface area contributed by atoms with E-state index in [-0.39, 0.29) is 12.0 Å². The summed E-state index contributed by atoms with van der Waals surface area (Å²) in [6.07, 6.45) is 5.16. The second-order valence-corrected chi connectivity index (χ2v) is 6.03. The van der Waals surface area contributed by atoms with E-state index in [0.29, 0.717) is 25.6 Å². The highest BCUT2D eigenvalue weighted by Crippen LogP contribution is 2.16. The molecule has 1 fully saturated rings. The number of likely N-dealkylation sites (tertiary alicyclic amines) is 1. The summed E-state index contributed by atoms with van der Waals surface area (Å²) in [5.74, 6) is 1.01. The predicted molar refractivity (Wildman–Crippen MR) is 84.2 cm³/mol. The molecular weight excluding hydrogens is 280 g/mol. The smallest absolute Gasteiger partial charge is 0.224 e. The van der Waals surface area contributed by atoms with Crippen LogP contribution in [0.25, 0.3) is 0 Å². The number of carbonyl (C=O) groups is 1. The molecule has 1 saturated heterocycles. The Kier molecular flexibility index (Phi) is 6.27. The summed E-state index contributed by atoms with van der Waals surface area (Å²) in [5, 5.41) is 0. The van der Waals surface area contributed by atoms with Gasteiger partial charge in [-0.1, -0.05) is 0 Å². The number of rotatable bonds is 7. The molecule has 122 valence electrons. The normalized spacial score (nSPS) is 18.4. The van der Waals surface area contributed by atoms with E-state index in [1.165, 1.54) is 0 Å². The fourth-order valence-corrected chi connectivity index (χ4v) is 2.63. The quantitative estimate of drug-likeness (QED) is 0.760. The number of ether oxygens (including phenoxy) is 1. The average molecular weight is 306 g/mol. The Hall–Kier alpha value is -1.53. The molecule has 6 heteroatoms. The number of amides is 1. The minimum atomic E-state index is 0.177. The number of likely N-dealkylation sites (N-methyl/N-ethyl adjacent to an activating group) is 1. The van der Waals surface area contributed by atoms with Crippen molar-refractivity contribution in [3.05, 3.63) is 24.3 Å². The van der Waals surface area contributed by atoms with Gasteiger partial charge >= 0.3 is 0 Å². The number of hydrogen-bond donors (Lipinski definition) is 0. The molecule has 1 aromatic rings. The summed E-state index contributed by atoms with van der Waals surface area (Å²) in [6, 6.07) is 2.19. The van der Waals surface area contributed by atoms with E-state index in [9.17, 15) is 4.79 Å². The summed E-state index contributed by atoms with van der Waals surface area (Å²) in [4.78, 5) is 24.8. The lowest BCUT2D eigenvalue weighted by Gasteiger charge is -2.24. The van der Waals surface area contributed by atoms with Crippen molar-refractivity contribution in [2.45, 2.75) is 45.4 Å². The van der Waals surface area contributed by atoms with E-state index in [0.717, 1.165) is 25.3 Å². The van der Waals surface area contributed by atoms with Crippen LogP contribution in [-0.4, -0.2) is 64.6 Å². The molecule has 1 atom stereocenters. The lowest BCUT2D eigenvalue weighted by Crippen LogP contribution is -2.36. The molecule has 22 heavy (non-hydrogen) atoms. The van der Waals surface area contributed by atoms with Crippen LogP contribution in [0.1, 0.15) is 32.5 Å². The first kappa shape index (κ1) is 16.8. The predicted octanol–water partition coefficient (Wildman–Crippen LogP) is 1.32. The van der Waals surface area contributed by atoms with Gasteiger partial charge in [0.1, 0.15) is 5.82 Å². The zero-order valence-corrected chi connectivity index (χ0v) is 13.7. The zero-order chi connectivity index (χ0) is 15.9. The van der Waals surface area contributed by atoms with Crippen molar-refractivity contribution >= 4 is 5.91 Å². The van der Waals surface area contributed by atoms with E-state index < -0.39 is 0 Å². The summed E-state index contributed by atoms with van der Waals surface area (Å²) in [5.41, 5.74) is 0. The van der Waals surface area contributed by atoms with Crippen LogP contribution in [0.5, 0.6) is 0 Å². The Bertz CT molecular complexity index is 466. The highest BCUT2D eigenvalue weighted by molar-refractivity contribution is 5.76. The van der Waals surface area contributed by atoms with Crippen LogP contribution in [-0.2, 0) is 16.1 Å². The second kappa shape index (κ2) is 8.19. The lowest BCUT2D eigenvalue weighted by atomic mass is 10.2. The largest absolute Gasteiger partial charge is 0.378 e. The van der Waals surface area contributed by atoms with Gasteiger partial charge < -0.3 is 9.64 Å². The SMILES string of the molecule is CC(C)OCCC(=O)N1CCC(N(C)Cc2ncccn2)C1. The molecule has 1 aliphatic rings. The third-order valence-electron chi connectivity index (χ3n) is 3.92. The monoisotopic (exact) mass is 306 g/mol. The van der Waals surface area contributed by atoms with Crippen LogP contribution in [0.15, 0.2) is 18.5 Å². The van der Waals surface area contributed by atoms with Gasteiger partial charge in [0.2, 0.25) is 5.91 Å². The maximum Gasteiger partial charge on any atom is 0.224 e. The molecule has 0 N–H and O–H groups in total. The number of carbonyl (C=O) groups excluding carboxylic acids is 1. The summed E-state index contributed by atoms with van der Waals surface area (Å²) in [6.45, 7) is 6.79. The fraction of sp³-hybridized carbons (Fsp3) is 0.688. The molecule has 0 radical (unpaired) electrons. The molecule has 1 unspecified atom stereocenters. The highest BCUT2D eigenvalue weighted by atomic mass is 16.5. The summed E-state index contributed by atoms with van der Waals surface area (Å²) < 4.78 is 5.45. The number of hydrogen-bond acceptors (Lipinski definition) is 5. The van der Waals surface area contributed by atoms with Gasteiger partial charge in [0, 0.05) is 31.5 Å². The number of aromatic nitrogens is 2. The van der Waals surface area contributed by atoms with Gasteiger partial charge in [-0.2, -0.15) is 0 Å². The van der Waals surface area contributed by atoms with E-state index in [2.05, 4.69) is 21.9 Å². The van der Waals surface area contributed by atoms with Crippen molar-refractivity contribution in [1.82, 2.24) is 19.8 Å². The second-order valence-electron chi connectivity index (χ2n) is 6.03. The van der Waals surface area contributed by atoms with Crippen molar-refractivity contribution in [2.24, 2.45) is 0 Å². The first-order chi connectivity index (χ1) is 10.6. The van der Waals surface area contributed by atoms with Gasteiger partial charge in [0.05, 0.1) is 25.7 Å².